The number of ether oxygens (including phenoxy) is 6. The minimum atomic E-state index is -0.722. The summed E-state index contributed by atoms with van der Waals surface area (Å²) in [6, 6.07) is 8.19. The summed E-state index contributed by atoms with van der Waals surface area (Å²) in [6.07, 6.45) is 0. The minimum absolute atomic E-state index is 0.118. The fourth-order valence-corrected chi connectivity index (χ4v) is 3.17. The summed E-state index contributed by atoms with van der Waals surface area (Å²) < 4.78 is 32.0. The number of fused-ring (bicyclic) bond motifs is 1. The van der Waals surface area contributed by atoms with Crippen LogP contribution in [0.15, 0.2) is 30.3 Å². The van der Waals surface area contributed by atoms with Gasteiger partial charge in [0.15, 0.2) is 29.6 Å². The van der Waals surface area contributed by atoms with Crippen LogP contribution >= 0.6 is 0 Å². The first kappa shape index (κ1) is 22.1. The molecule has 1 aliphatic heterocycles. The van der Waals surface area contributed by atoms with E-state index in [9.17, 15) is 9.59 Å². The van der Waals surface area contributed by atoms with E-state index in [1.807, 2.05) is 19.1 Å². The molecular weight excluding hydrogens is 406 g/mol. The lowest BCUT2D eigenvalue weighted by Gasteiger charge is -2.21. The average molecular weight is 431 g/mol. The fraction of sp³-hybridized carbons (Fsp3) is 0.364. The minimum Gasteiger partial charge on any atom is -0.493 e. The van der Waals surface area contributed by atoms with E-state index < -0.39 is 18.5 Å². The Balaban J connectivity index is 1.61. The maximum Gasteiger partial charge on any atom is 0.342 e. The highest BCUT2D eigenvalue weighted by Gasteiger charge is 2.23. The molecule has 1 unspecified atom stereocenters. The quantitative estimate of drug-likeness (QED) is 0.637. The van der Waals surface area contributed by atoms with Gasteiger partial charge in [0.1, 0.15) is 18.8 Å². The number of hydrogen-bond donors (Lipinski definition) is 1. The molecule has 166 valence electrons. The molecule has 31 heavy (non-hydrogen) atoms. The SMILES string of the molecule is COc1ccc(C(=O)OCC(=O)NC(C)c2ccc3c(c2)OCCO3)c(OC)c1OC. The third kappa shape index (κ3) is 4.93. The molecule has 3 rings (SSSR count). The monoisotopic (exact) mass is 431 g/mol. The first-order valence-corrected chi connectivity index (χ1v) is 9.63. The predicted molar refractivity (Wildman–Crippen MR) is 110 cm³/mol. The summed E-state index contributed by atoms with van der Waals surface area (Å²) in [6.45, 7) is 2.36. The Hall–Kier alpha value is -3.62. The molecule has 0 aromatic heterocycles. The van der Waals surface area contributed by atoms with Gasteiger partial charge >= 0.3 is 5.97 Å². The predicted octanol–water partition coefficient (Wildman–Crippen LogP) is 2.52. The standard InChI is InChI=1S/C22H25NO8/c1-13(14-5-7-16-18(11-14)30-10-9-29-16)23-19(24)12-31-22(25)15-6-8-17(26-2)21(28-4)20(15)27-3/h5-8,11,13H,9-10,12H2,1-4H3,(H,23,24). The van der Waals surface area contributed by atoms with Crippen LogP contribution in [-0.4, -0.2) is 53.0 Å². The first-order chi connectivity index (χ1) is 15.0. The van der Waals surface area contributed by atoms with Crippen LogP contribution in [0.25, 0.3) is 0 Å². The molecule has 0 radical (unpaired) electrons. The summed E-state index contributed by atoms with van der Waals surface area (Å²) in [5.74, 6) is 0.966. The zero-order valence-electron chi connectivity index (χ0n) is 17.9. The van der Waals surface area contributed by atoms with Crippen molar-refractivity contribution in [3.05, 3.63) is 41.5 Å². The molecule has 0 saturated carbocycles. The molecule has 2 aromatic rings. The zero-order chi connectivity index (χ0) is 22.4. The van der Waals surface area contributed by atoms with Gasteiger partial charge in [-0.2, -0.15) is 0 Å². The van der Waals surface area contributed by atoms with Gasteiger partial charge in [0.2, 0.25) is 5.75 Å². The van der Waals surface area contributed by atoms with E-state index >= 15 is 0 Å². The van der Waals surface area contributed by atoms with Gasteiger partial charge in [0, 0.05) is 0 Å². The van der Waals surface area contributed by atoms with Crippen molar-refractivity contribution in [2.75, 3.05) is 41.2 Å². The molecule has 2 aromatic carbocycles. The molecule has 0 spiro atoms. The van der Waals surface area contributed by atoms with E-state index in [1.54, 1.807) is 12.1 Å². The molecule has 9 heteroatoms. The Kier molecular flexibility index (Phi) is 7.07. The van der Waals surface area contributed by atoms with E-state index in [2.05, 4.69) is 5.32 Å². The van der Waals surface area contributed by atoms with Gasteiger partial charge in [-0.3, -0.25) is 4.79 Å². The van der Waals surface area contributed by atoms with Crippen molar-refractivity contribution in [2.24, 2.45) is 0 Å². The van der Waals surface area contributed by atoms with Crippen molar-refractivity contribution in [1.29, 1.82) is 0 Å². The highest BCUT2D eigenvalue weighted by molar-refractivity contribution is 5.95. The molecule has 0 fully saturated rings. The van der Waals surface area contributed by atoms with Crippen LogP contribution in [0.1, 0.15) is 28.9 Å². The number of hydrogen-bond acceptors (Lipinski definition) is 8. The van der Waals surface area contributed by atoms with Crippen molar-refractivity contribution >= 4 is 11.9 Å². The number of carbonyl (C=O) groups is 2. The largest absolute Gasteiger partial charge is 0.493 e. The molecule has 1 amide bonds. The normalized spacial score (nSPS) is 13.0. The number of esters is 1. The Labute approximate surface area is 180 Å². The molecule has 9 nitrogen and oxygen atoms in total. The zero-order valence-corrected chi connectivity index (χ0v) is 17.9. The van der Waals surface area contributed by atoms with Gasteiger partial charge in [0.05, 0.1) is 27.4 Å². The van der Waals surface area contributed by atoms with Crippen molar-refractivity contribution < 1.29 is 38.0 Å². The molecule has 1 N–H and O–H groups in total. The van der Waals surface area contributed by atoms with E-state index in [0.29, 0.717) is 30.5 Å². The maximum absolute atomic E-state index is 12.5. The third-order valence-corrected chi connectivity index (χ3v) is 4.70. The number of nitrogens with one attached hydrogen (secondary N) is 1. The van der Waals surface area contributed by atoms with E-state index in [1.165, 1.54) is 27.4 Å². The third-order valence-electron chi connectivity index (χ3n) is 4.70. The summed E-state index contributed by atoms with van der Waals surface area (Å²) in [7, 11) is 4.31. The van der Waals surface area contributed by atoms with Crippen molar-refractivity contribution in [2.45, 2.75) is 13.0 Å². The van der Waals surface area contributed by atoms with Crippen LogP contribution in [0.3, 0.4) is 0 Å². The summed E-state index contributed by atoms with van der Waals surface area (Å²) in [5.41, 5.74) is 0.957. The van der Waals surface area contributed by atoms with Crippen LogP contribution < -0.4 is 29.0 Å². The number of rotatable bonds is 8. The van der Waals surface area contributed by atoms with Gasteiger partial charge in [-0.15, -0.1) is 0 Å². The van der Waals surface area contributed by atoms with Gasteiger partial charge < -0.3 is 33.7 Å². The molecule has 1 atom stereocenters. The molecule has 0 aliphatic carbocycles. The second-order valence-electron chi connectivity index (χ2n) is 6.65. The lowest BCUT2D eigenvalue weighted by atomic mass is 10.1. The van der Waals surface area contributed by atoms with Crippen molar-refractivity contribution in [3.8, 4) is 28.7 Å². The van der Waals surface area contributed by atoms with Crippen LogP contribution in [-0.2, 0) is 9.53 Å². The smallest absolute Gasteiger partial charge is 0.342 e. The van der Waals surface area contributed by atoms with E-state index in [-0.39, 0.29) is 23.1 Å². The first-order valence-electron chi connectivity index (χ1n) is 9.63. The molecule has 1 aliphatic rings. The summed E-state index contributed by atoms with van der Waals surface area (Å²) in [5, 5.41) is 2.79. The average Bonchev–Trinajstić information content (AvgIpc) is 2.80. The highest BCUT2D eigenvalue weighted by Crippen LogP contribution is 2.40. The van der Waals surface area contributed by atoms with Gasteiger partial charge in [-0.1, -0.05) is 6.07 Å². The van der Waals surface area contributed by atoms with Gasteiger partial charge in [0.25, 0.3) is 5.91 Å². The van der Waals surface area contributed by atoms with Crippen LogP contribution in [0.2, 0.25) is 0 Å². The maximum atomic E-state index is 12.5. The van der Waals surface area contributed by atoms with Crippen LogP contribution in [0.5, 0.6) is 28.7 Å². The highest BCUT2D eigenvalue weighted by atomic mass is 16.6. The summed E-state index contributed by atoms with van der Waals surface area (Å²) in [4.78, 5) is 24.8. The number of carbonyl (C=O) groups excluding carboxylic acids is 2. The molecule has 0 saturated heterocycles. The van der Waals surface area contributed by atoms with E-state index in [0.717, 1.165) is 5.56 Å². The summed E-state index contributed by atoms with van der Waals surface area (Å²) >= 11 is 0. The van der Waals surface area contributed by atoms with Gasteiger partial charge in [-0.05, 0) is 36.8 Å². The lowest BCUT2D eigenvalue weighted by molar-refractivity contribution is -0.124. The number of amides is 1. The molecular formula is C22H25NO8. The van der Waals surface area contributed by atoms with Crippen LogP contribution in [0.4, 0.5) is 0 Å². The number of methoxy groups -OCH3 is 3. The second-order valence-corrected chi connectivity index (χ2v) is 6.65. The van der Waals surface area contributed by atoms with E-state index in [4.69, 9.17) is 28.4 Å². The molecule has 1 heterocycles. The van der Waals surface area contributed by atoms with Crippen molar-refractivity contribution in [3.63, 3.8) is 0 Å². The Morgan fingerprint density at radius 1 is 0.968 bits per heavy atom. The van der Waals surface area contributed by atoms with Crippen LogP contribution in [0, 0.1) is 0 Å². The Bertz CT molecular complexity index is 959. The van der Waals surface area contributed by atoms with Crippen molar-refractivity contribution in [1.82, 2.24) is 5.32 Å². The second kappa shape index (κ2) is 9.92. The topological polar surface area (TPSA) is 102 Å². The Morgan fingerprint density at radius 2 is 1.68 bits per heavy atom. The lowest BCUT2D eigenvalue weighted by Crippen LogP contribution is -2.31. The Morgan fingerprint density at radius 3 is 2.35 bits per heavy atom. The fourth-order valence-electron chi connectivity index (χ4n) is 3.17. The molecule has 0 bridgehead atoms. The van der Waals surface area contributed by atoms with Gasteiger partial charge in [-0.25, -0.2) is 4.79 Å². The number of benzene rings is 2.